The lowest BCUT2D eigenvalue weighted by Crippen LogP contribution is -2.37. The summed E-state index contributed by atoms with van der Waals surface area (Å²) in [6, 6.07) is 8.08. The van der Waals surface area contributed by atoms with Gasteiger partial charge in [0.25, 0.3) is 0 Å². The average molecular weight is 419 g/mol. The third-order valence-electron chi connectivity index (χ3n) is 5.53. The van der Waals surface area contributed by atoms with Crippen molar-refractivity contribution in [2.45, 2.75) is 26.3 Å². The van der Waals surface area contributed by atoms with E-state index in [1.165, 1.54) is 5.56 Å². The van der Waals surface area contributed by atoms with Crippen LogP contribution in [0.5, 0.6) is 0 Å². The summed E-state index contributed by atoms with van der Waals surface area (Å²) >= 11 is 0. The van der Waals surface area contributed by atoms with Crippen LogP contribution >= 0.6 is 0 Å². The van der Waals surface area contributed by atoms with Gasteiger partial charge in [0.1, 0.15) is 0 Å². The summed E-state index contributed by atoms with van der Waals surface area (Å²) in [7, 11) is 0. The summed E-state index contributed by atoms with van der Waals surface area (Å²) in [4.78, 5) is 28.4. The maximum Gasteiger partial charge on any atom is 0.229 e. The average Bonchev–Trinajstić information content (AvgIpc) is 3.56. The molecule has 2 aromatic heterocycles. The SMILES string of the molecule is Cc1cccc(C=NNc2nc(N3CCOCC3)nc3c2ncn3CC(=O)C2CC2)c1. The largest absolute Gasteiger partial charge is 0.378 e. The number of nitrogens with one attached hydrogen (secondary N) is 1. The number of benzene rings is 1. The summed E-state index contributed by atoms with van der Waals surface area (Å²) in [6.45, 7) is 5.03. The highest BCUT2D eigenvalue weighted by molar-refractivity contribution is 5.88. The van der Waals surface area contributed by atoms with Gasteiger partial charge in [0.05, 0.1) is 32.3 Å². The molecule has 1 saturated carbocycles. The van der Waals surface area contributed by atoms with Crippen molar-refractivity contribution in [3.63, 3.8) is 0 Å². The number of aromatic nitrogens is 4. The Bertz CT molecular complexity index is 1130. The number of anilines is 2. The zero-order valence-electron chi connectivity index (χ0n) is 17.5. The van der Waals surface area contributed by atoms with Gasteiger partial charge in [0.15, 0.2) is 22.8 Å². The van der Waals surface area contributed by atoms with Gasteiger partial charge >= 0.3 is 0 Å². The molecular weight excluding hydrogens is 394 g/mol. The van der Waals surface area contributed by atoms with Gasteiger partial charge in [-0.3, -0.25) is 10.2 Å². The number of morpholine rings is 1. The molecule has 0 amide bonds. The quantitative estimate of drug-likeness (QED) is 0.464. The highest BCUT2D eigenvalue weighted by atomic mass is 16.5. The highest BCUT2D eigenvalue weighted by Crippen LogP contribution is 2.31. The summed E-state index contributed by atoms with van der Waals surface area (Å²) in [6.07, 6.45) is 5.39. The zero-order valence-corrected chi connectivity index (χ0v) is 17.5. The predicted octanol–water partition coefficient (Wildman–Crippen LogP) is 2.40. The fourth-order valence-corrected chi connectivity index (χ4v) is 3.65. The Labute approximate surface area is 180 Å². The fourth-order valence-electron chi connectivity index (χ4n) is 3.65. The number of fused-ring (bicyclic) bond motifs is 1. The first kappa shape index (κ1) is 19.6. The van der Waals surface area contributed by atoms with Gasteiger partial charge in [0, 0.05) is 19.0 Å². The molecule has 0 unspecified atom stereocenters. The number of carbonyl (C=O) groups excluding carboxylic acids is 1. The lowest BCUT2D eigenvalue weighted by molar-refractivity contribution is -0.120. The minimum Gasteiger partial charge on any atom is -0.378 e. The molecule has 0 spiro atoms. The highest BCUT2D eigenvalue weighted by Gasteiger charge is 2.30. The number of hydrazone groups is 1. The number of rotatable bonds is 7. The number of ether oxygens (including phenoxy) is 1. The molecule has 1 aliphatic carbocycles. The van der Waals surface area contributed by atoms with Gasteiger partial charge in [-0.15, -0.1) is 0 Å². The molecule has 3 aromatic rings. The van der Waals surface area contributed by atoms with E-state index in [1.807, 2.05) is 29.7 Å². The van der Waals surface area contributed by atoms with E-state index in [2.05, 4.69) is 31.5 Å². The minimum absolute atomic E-state index is 0.189. The number of aryl methyl sites for hydroxylation is 1. The normalized spacial score (nSPS) is 16.9. The third-order valence-corrected chi connectivity index (χ3v) is 5.53. The van der Waals surface area contributed by atoms with Crippen molar-refractivity contribution in [2.24, 2.45) is 11.0 Å². The molecule has 1 saturated heterocycles. The molecule has 160 valence electrons. The van der Waals surface area contributed by atoms with E-state index in [9.17, 15) is 4.79 Å². The molecule has 2 fully saturated rings. The molecule has 1 aromatic carbocycles. The summed E-state index contributed by atoms with van der Waals surface area (Å²) in [5.74, 6) is 1.53. The van der Waals surface area contributed by atoms with Crippen LogP contribution < -0.4 is 10.3 Å². The molecule has 1 N–H and O–H groups in total. The first-order chi connectivity index (χ1) is 15.2. The zero-order chi connectivity index (χ0) is 21.2. The van der Waals surface area contributed by atoms with Gasteiger partial charge in [0.2, 0.25) is 5.95 Å². The number of imidazole rings is 1. The van der Waals surface area contributed by atoms with E-state index in [1.54, 1.807) is 12.5 Å². The number of hydrogen-bond donors (Lipinski definition) is 1. The Hall–Kier alpha value is -3.33. The maximum atomic E-state index is 12.4. The molecular formula is C22H25N7O2. The predicted molar refractivity (Wildman–Crippen MR) is 118 cm³/mol. The van der Waals surface area contributed by atoms with Gasteiger partial charge in [-0.25, -0.2) is 4.98 Å². The fraction of sp³-hybridized carbons (Fsp3) is 0.409. The van der Waals surface area contributed by atoms with Crippen LogP contribution in [0.25, 0.3) is 11.2 Å². The molecule has 9 nitrogen and oxygen atoms in total. The van der Waals surface area contributed by atoms with Gasteiger partial charge in [-0.1, -0.05) is 29.8 Å². The Morgan fingerprint density at radius 2 is 2.13 bits per heavy atom. The number of Topliss-reactive ketones (excluding diaryl/α,β-unsaturated/α-hetero) is 1. The summed E-state index contributed by atoms with van der Waals surface area (Å²) in [5.41, 5.74) is 6.43. The van der Waals surface area contributed by atoms with Crippen LogP contribution in [0.2, 0.25) is 0 Å². The van der Waals surface area contributed by atoms with Gasteiger partial charge in [-0.05, 0) is 25.3 Å². The first-order valence-electron chi connectivity index (χ1n) is 10.6. The smallest absolute Gasteiger partial charge is 0.229 e. The van der Waals surface area contributed by atoms with Crippen LogP contribution in [0.1, 0.15) is 24.0 Å². The standard InChI is InChI=1S/C22H25N7O2/c1-15-3-2-4-16(11-15)12-24-27-20-19-21(26-22(25-20)28-7-9-31-10-8-28)29(14-23-19)13-18(30)17-5-6-17/h2-4,11-12,14,17H,5-10,13H2,1H3,(H,25,26,27). The van der Waals surface area contributed by atoms with Crippen LogP contribution in [0.4, 0.5) is 11.8 Å². The number of hydrogen-bond acceptors (Lipinski definition) is 8. The van der Waals surface area contributed by atoms with Crippen molar-refractivity contribution in [3.8, 4) is 0 Å². The minimum atomic E-state index is 0.189. The Morgan fingerprint density at radius 1 is 1.29 bits per heavy atom. The van der Waals surface area contributed by atoms with Crippen LogP contribution in [0.3, 0.4) is 0 Å². The van der Waals surface area contributed by atoms with Crippen LogP contribution in [-0.2, 0) is 16.1 Å². The van der Waals surface area contributed by atoms with Crippen molar-refractivity contribution in [1.82, 2.24) is 19.5 Å². The van der Waals surface area contributed by atoms with Crippen molar-refractivity contribution in [3.05, 3.63) is 41.7 Å². The Balaban J connectivity index is 1.47. The Morgan fingerprint density at radius 3 is 2.90 bits per heavy atom. The van der Waals surface area contributed by atoms with Crippen LogP contribution in [-0.4, -0.2) is 57.8 Å². The second kappa shape index (κ2) is 8.43. The molecule has 0 atom stereocenters. The second-order valence-electron chi connectivity index (χ2n) is 8.04. The van der Waals surface area contributed by atoms with Crippen molar-refractivity contribution in [1.29, 1.82) is 0 Å². The molecule has 31 heavy (non-hydrogen) atoms. The lowest BCUT2D eigenvalue weighted by Gasteiger charge is -2.27. The van der Waals surface area contributed by atoms with Crippen molar-refractivity contribution >= 4 is 34.9 Å². The summed E-state index contributed by atoms with van der Waals surface area (Å²) < 4.78 is 7.28. The molecule has 9 heteroatoms. The number of carbonyl (C=O) groups is 1. The Kier molecular flexibility index (Phi) is 5.33. The molecule has 2 aliphatic rings. The third kappa shape index (κ3) is 4.41. The monoisotopic (exact) mass is 419 g/mol. The second-order valence-corrected chi connectivity index (χ2v) is 8.04. The molecule has 5 rings (SSSR count). The molecule has 3 heterocycles. The van der Waals surface area contributed by atoms with Crippen molar-refractivity contribution < 1.29 is 9.53 Å². The van der Waals surface area contributed by atoms with E-state index < -0.39 is 0 Å². The van der Waals surface area contributed by atoms with E-state index in [0.717, 1.165) is 18.4 Å². The van der Waals surface area contributed by atoms with E-state index in [4.69, 9.17) is 9.72 Å². The molecule has 0 bridgehead atoms. The van der Waals surface area contributed by atoms with E-state index in [0.29, 0.717) is 49.2 Å². The van der Waals surface area contributed by atoms with Gasteiger partial charge in [-0.2, -0.15) is 15.1 Å². The number of nitrogens with zero attached hydrogens (tertiary/aromatic N) is 6. The lowest BCUT2D eigenvalue weighted by atomic mass is 10.2. The van der Waals surface area contributed by atoms with E-state index in [-0.39, 0.29) is 18.2 Å². The van der Waals surface area contributed by atoms with Gasteiger partial charge < -0.3 is 14.2 Å². The van der Waals surface area contributed by atoms with Crippen LogP contribution in [0.15, 0.2) is 35.7 Å². The van der Waals surface area contributed by atoms with Crippen molar-refractivity contribution in [2.75, 3.05) is 36.6 Å². The maximum absolute atomic E-state index is 12.4. The van der Waals surface area contributed by atoms with Crippen LogP contribution in [0, 0.1) is 12.8 Å². The van der Waals surface area contributed by atoms with E-state index >= 15 is 0 Å². The molecule has 0 radical (unpaired) electrons. The number of ketones is 1. The molecule has 1 aliphatic heterocycles. The first-order valence-corrected chi connectivity index (χ1v) is 10.6. The summed E-state index contributed by atoms with van der Waals surface area (Å²) in [5, 5.41) is 4.37. The topological polar surface area (TPSA) is 97.5 Å².